The summed E-state index contributed by atoms with van der Waals surface area (Å²) in [6.07, 6.45) is 0. The van der Waals surface area contributed by atoms with Crippen molar-refractivity contribution in [2.75, 3.05) is 13.2 Å². The molecule has 1 aliphatic rings. The molecule has 0 atom stereocenters. The monoisotopic (exact) mass is 166 g/mol. The molecule has 1 aromatic rings. The van der Waals surface area contributed by atoms with E-state index in [9.17, 15) is 5.11 Å². The molecule has 1 aromatic carbocycles. The van der Waals surface area contributed by atoms with Gasteiger partial charge in [-0.25, -0.2) is 0 Å². The molecule has 3 heteroatoms. The molecule has 12 heavy (non-hydrogen) atoms. The van der Waals surface area contributed by atoms with E-state index < -0.39 is 5.97 Å². The number of rotatable bonds is 1. The topological polar surface area (TPSA) is 38.7 Å². The molecule has 0 saturated carbocycles. The standard InChI is InChI=1S/C9H10O3/c10-9(11-6-7-12-9)8-4-2-1-3-5-8/h1-5,10H,6-7H2. The van der Waals surface area contributed by atoms with Crippen LogP contribution in [0.5, 0.6) is 0 Å². The van der Waals surface area contributed by atoms with Crippen LogP contribution in [0.15, 0.2) is 30.3 Å². The van der Waals surface area contributed by atoms with E-state index in [1.807, 2.05) is 18.2 Å². The average molecular weight is 166 g/mol. The van der Waals surface area contributed by atoms with Crippen LogP contribution in [-0.2, 0) is 15.4 Å². The Labute approximate surface area is 70.5 Å². The summed E-state index contributed by atoms with van der Waals surface area (Å²) < 4.78 is 10.1. The Morgan fingerprint density at radius 3 is 2.25 bits per heavy atom. The van der Waals surface area contributed by atoms with Gasteiger partial charge in [-0.2, -0.15) is 0 Å². The molecular weight excluding hydrogens is 156 g/mol. The molecule has 0 radical (unpaired) electrons. The first-order valence-corrected chi connectivity index (χ1v) is 3.87. The second kappa shape index (κ2) is 2.86. The molecule has 2 rings (SSSR count). The quantitative estimate of drug-likeness (QED) is 0.671. The third-order valence-corrected chi connectivity index (χ3v) is 1.82. The predicted molar refractivity (Wildman–Crippen MR) is 42.2 cm³/mol. The van der Waals surface area contributed by atoms with Crippen molar-refractivity contribution in [3.63, 3.8) is 0 Å². The summed E-state index contributed by atoms with van der Waals surface area (Å²) in [6.45, 7) is 0.872. The molecule has 1 heterocycles. The minimum Gasteiger partial charge on any atom is -0.339 e. The molecule has 0 bridgehead atoms. The number of hydrogen-bond acceptors (Lipinski definition) is 3. The van der Waals surface area contributed by atoms with Gasteiger partial charge >= 0.3 is 5.97 Å². The van der Waals surface area contributed by atoms with Crippen molar-refractivity contribution in [3.8, 4) is 0 Å². The summed E-state index contributed by atoms with van der Waals surface area (Å²) in [6, 6.07) is 9.08. The van der Waals surface area contributed by atoms with Crippen LogP contribution in [0.1, 0.15) is 5.56 Å². The van der Waals surface area contributed by atoms with Gasteiger partial charge in [0.05, 0.1) is 13.2 Å². The van der Waals surface area contributed by atoms with Gasteiger partial charge in [0.2, 0.25) is 0 Å². The van der Waals surface area contributed by atoms with Gasteiger partial charge < -0.3 is 14.6 Å². The van der Waals surface area contributed by atoms with Crippen LogP contribution in [0.4, 0.5) is 0 Å². The smallest absolute Gasteiger partial charge is 0.309 e. The lowest BCUT2D eigenvalue weighted by Crippen LogP contribution is -2.25. The summed E-state index contributed by atoms with van der Waals surface area (Å²) in [7, 11) is 0. The normalized spacial score (nSPS) is 21.1. The van der Waals surface area contributed by atoms with Crippen molar-refractivity contribution in [3.05, 3.63) is 35.9 Å². The highest BCUT2D eigenvalue weighted by Crippen LogP contribution is 2.27. The fourth-order valence-electron chi connectivity index (χ4n) is 1.22. The lowest BCUT2D eigenvalue weighted by molar-refractivity contribution is -0.317. The third kappa shape index (κ3) is 1.22. The maximum absolute atomic E-state index is 9.72. The average Bonchev–Trinajstić information content (AvgIpc) is 2.55. The van der Waals surface area contributed by atoms with Crippen LogP contribution in [0.2, 0.25) is 0 Å². The summed E-state index contributed by atoms with van der Waals surface area (Å²) in [5, 5.41) is 9.72. The van der Waals surface area contributed by atoms with Crippen molar-refractivity contribution in [2.45, 2.75) is 5.97 Å². The Balaban J connectivity index is 2.29. The zero-order valence-corrected chi connectivity index (χ0v) is 6.56. The van der Waals surface area contributed by atoms with E-state index in [0.717, 1.165) is 0 Å². The molecular formula is C9H10O3. The molecule has 1 saturated heterocycles. The van der Waals surface area contributed by atoms with E-state index in [2.05, 4.69) is 0 Å². The molecule has 0 spiro atoms. The van der Waals surface area contributed by atoms with E-state index in [-0.39, 0.29) is 0 Å². The fraction of sp³-hybridized carbons (Fsp3) is 0.333. The lowest BCUT2D eigenvalue weighted by Gasteiger charge is -2.19. The van der Waals surface area contributed by atoms with Crippen LogP contribution in [0.3, 0.4) is 0 Å². The van der Waals surface area contributed by atoms with Crippen LogP contribution in [0.25, 0.3) is 0 Å². The van der Waals surface area contributed by atoms with Gasteiger partial charge in [-0.15, -0.1) is 0 Å². The van der Waals surface area contributed by atoms with Crippen molar-refractivity contribution < 1.29 is 14.6 Å². The number of ether oxygens (including phenoxy) is 2. The first kappa shape index (κ1) is 7.73. The highest BCUT2D eigenvalue weighted by Gasteiger charge is 2.35. The van der Waals surface area contributed by atoms with Gasteiger partial charge in [-0.05, 0) is 0 Å². The van der Waals surface area contributed by atoms with Gasteiger partial charge in [0.1, 0.15) is 0 Å². The van der Waals surface area contributed by atoms with Gasteiger partial charge in [-0.3, -0.25) is 0 Å². The van der Waals surface area contributed by atoms with Crippen LogP contribution >= 0.6 is 0 Å². The van der Waals surface area contributed by atoms with Gasteiger partial charge in [0, 0.05) is 5.56 Å². The van der Waals surface area contributed by atoms with E-state index in [1.165, 1.54) is 0 Å². The van der Waals surface area contributed by atoms with Gasteiger partial charge in [-0.1, -0.05) is 30.3 Å². The predicted octanol–water partition coefficient (Wildman–Crippen LogP) is 0.836. The Bertz CT molecular complexity index is 252. The molecule has 0 aliphatic carbocycles. The Hall–Kier alpha value is -0.900. The largest absolute Gasteiger partial charge is 0.339 e. The Morgan fingerprint density at radius 1 is 1.08 bits per heavy atom. The maximum atomic E-state index is 9.72. The SMILES string of the molecule is OC1(c2ccccc2)OCCO1. The molecule has 1 fully saturated rings. The third-order valence-electron chi connectivity index (χ3n) is 1.82. The summed E-state index contributed by atoms with van der Waals surface area (Å²) >= 11 is 0. The molecule has 0 aromatic heterocycles. The van der Waals surface area contributed by atoms with Crippen LogP contribution < -0.4 is 0 Å². The molecule has 1 aliphatic heterocycles. The molecule has 3 nitrogen and oxygen atoms in total. The minimum atomic E-state index is -1.51. The minimum absolute atomic E-state index is 0.436. The Kier molecular flexibility index (Phi) is 1.84. The number of hydrogen-bond donors (Lipinski definition) is 1. The second-order valence-corrected chi connectivity index (χ2v) is 2.64. The Morgan fingerprint density at radius 2 is 1.67 bits per heavy atom. The molecule has 64 valence electrons. The summed E-state index contributed by atoms with van der Waals surface area (Å²) in [5.41, 5.74) is 0.641. The van der Waals surface area contributed by atoms with Gasteiger partial charge in [0.15, 0.2) is 0 Å². The molecule has 0 unspecified atom stereocenters. The van der Waals surface area contributed by atoms with Gasteiger partial charge in [0.25, 0.3) is 0 Å². The van der Waals surface area contributed by atoms with Crippen molar-refractivity contribution >= 4 is 0 Å². The second-order valence-electron chi connectivity index (χ2n) is 2.64. The zero-order valence-electron chi connectivity index (χ0n) is 6.56. The maximum Gasteiger partial charge on any atom is 0.309 e. The molecule has 0 amide bonds. The van der Waals surface area contributed by atoms with Crippen molar-refractivity contribution in [1.82, 2.24) is 0 Å². The van der Waals surface area contributed by atoms with Crippen LogP contribution in [0, 0.1) is 0 Å². The fourth-order valence-corrected chi connectivity index (χ4v) is 1.22. The van der Waals surface area contributed by atoms with E-state index in [1.54, 1.807) is 12.1 Å². The summed E-state index contributed by atoms with van der Waals surface area (Å²) in [4.78, 5) is 0. The van der Waals surface area contributed by atoms with Crippen molar-refractivity contribution in [2.24, 2.45) is 0 Å². The van der Waals surface area contributed by atoms with Crippen molar-refractivity contribution in [1.29, 1.82) is 0 Å². The zero-order chi connectivity index (χ0) is 8.44. The number of benzene rings is 1. The van der Waals surface area contributed by atoms with E-state index in [0.29, 0.717) is 18.8 Å². The molecule has 1 N–H and O–H groups in total. The first-order chi connectivity index (χ1) is 5.81. The lowest BCUT2D eigenvalue weighted by atomic mass is 10.2. The first-order valence-electron chi connectivity index (χ1n) is 3.87. The highest BCUT2D eigenvalue weighted by atomic mass is 16.8. The van der Waals surface area contributed by atoms with Crippen LogP contribution in [-0.4, -0.2) is 18.3 Å². The van der Waals surface area contributed by atoms with E-state index >= 15 is 0 Å². The summed E-state index contributed by atoms with van der Waals surface area (Å²) in [5.74, 6) is -1.51. The van der Waals surface area contributed by atoms with E-state index in [4.69, 9.17) is 9.47 Å². The highest BCUT2D eigenvalue weighted by molar-refractivity contribution is 5.18. The number of aliphatic hydroxyl groups is 1.